The Morgan fingerprint density at radius 3 is 2.47 bits per heavy atom. The van der Waals surface area contributed by atoms with Crippen LogP contribution in [0.1, 0.15) is 27.9 Å². The highest BCUT2D eigenvalue weighted by atomic mass is 16.6. The number of benzene rings is 2. The van der Waals surface area contributed by atoms with Crippen LogP contribution >= 0.6 is 0 Å². The quantitative estimate of drug-likeness (QED) is 0.194. The summed E-state index contributed by atoms with van der Waals surface area (Å²) in [5.41, 5.74) is 0.654. The van der Waals surface area contributed by atoms with Crippen molar-refractivity contribution in [3.05, 3.63) is 91.9 Å². The van der Waals surface area contributed by atoms with Gasteiger partial charge in [0.05, 0.1) is 22.2 Å². The van der Waals surface area contributed by atoms with E-state index >= 15 is 0 Å². The van der Waals surface area contributed by atoms with Gasteiger partial charge in [0.1, 0.15) is 22.8 Å². The van der Waals surface area contributed by atoms with Gasteiger partial charge in [0.25, 0.3) is 11.6 Å². The predicted molar refractivity (Wildman–Crippen MR) is 129 cm³/mol. The van der Waals surface area contributed by atoms with Crippen molar-refractivity contribution in [1.29, 1.82) is 0 Å². The molecule has 0 heterocycles. The van der Waals surface area contributed by atoms with Crippen LogP contribution in [0.5, 0.6) is 5.75 Å². The van der Waals surface area contributed by atoms with E-state index in [0.29, 0.717) is 0 Å². The fourth-order valence-electron chi connectivity index (χ4n) is 5.59. The van der Waals surface area contributed by atoms with Crippen LogP contribution < -0.4 is 5.73 Å². The van der Waals surface area contributed by atoms with Crippen molar-refractivity contribution in [3.8, 4) is 5.75 Å². The zero-order chi connectivity index (χ0) is 27.7. The number of fused-ring (bicyclic) bond motifs is 3. The van der Waals surface area contributed by atoms with Gasteiger partial charge in [-0.15, -0.1) is 0 Å². The van der Waals surface area contributed by atoms with Gasteiger partial charge in [0.15, 0.2) is 11.4 Å². The number of nitrogens with two attached hydrogens (primary N) is 1. The second kappa shape index (κ2) is 8.36. The molecule has 0 bridgehead atoms. The van der Waals surface area contributed by atoms with Crippen molar-refractivity contribution in [2.45, 2.75) is 18.1 Å². The number of phenols is 1. The summed E-state index contributed by atoms with van der Waals surface area (Å²) in [5.74, 6) is -9.29. The molecule has 0 radical (unpaired) electrons. The lowest BCUT2D eigenvalue weighted by molar-refractivity contribution is -0.384. The van der Waals surface area contributed by atoms with Crippen molar-refractivity contribution in [2.75, 3.05) is 0 Å². The van der Waals surface area contributed by atoms with Gasteiger partial charge in [-0.05, 0) is 22.8 Å². The molecule has 1 amide bonds. The summed E-state index contributed by atoms with van der Waals surface area (Å²) >= 11 is 0. The molecule has 3 aliphatic rings. The first kappa shape index (κ1) is 24.9. The molecular weight excluding hydrogens is 500 g/mol. The lowest BCUT2D eigenvalue weighted by atomic mass is 9.57. The van der Waals surface area contributed by atoms with Crippen LogP contribution in [0.3, 0.4) is 0 Å². The van der Waals surface area contributed by atoms with E-state index in [2.05, 4.69) is 0 Å². The minimum atomic E-state index is -2.98. The highest BCUT2D eigenvalue weighted by molar-refractivity contribution is 6.25. The lowest BCUT2D eigenvalue weighted by Crippen LogP contribution is -2.62. The number of primary amides is 1. The number of amides is 1. The minimum Gasteiger partial charge on any atom is -0.511 e. The molecule has 38 heavy (non-hydrogen) atoms. The topological polar surface area (TPSA) is 222 Å². The molecule has 12 heteroatoms. The van der Waals surface area contributed by atoms with E-state index in [-0.39, 0.29) is 28.0 Å². The molecular formula is C26H20N2O10. The number of carbonyl (C=O) groups is 3. The van der Waals surface area contributed by atoms with Gasteiger partial charge in [-0.2, -0.15) is 0 Å². The molecule has 0 aromatic heterocycles. The summed E-state index contributed by atoms with van der Waals surface area (Å²) in [6, 6.07) is 9.53. The average Bonchev–Trinajstić information content (AvgIpc) is 2.86. The maximum Gasteiger partial charge on any atom is 0.270 e. The van der Waals surface area contributed by atoms with E-state index < -0.39 is 80.8 Å². The molecule has 5 rings (SSSR count). The van der Waals surface area contributed by atoms with Gasteiger partial charge in [-0.3, -0.25) is 24.5 Å². The fraction of sp³-hybridized carbons (Fsp3) is 0.192. The third-order valence-electron chi connectivity index (χ3n) is 7.30. The fourth-order valence-corrected chi connectivity index (χ4v) is 5.59. The highest BCUT2D eigenvalue weighted by Gasteiger charge is 2.63. The molecule has 194 valence electrons. The molecule has 4 unspecified atom stereocenters. The first-order valence-corrected chi connectivity index (χ1v) is 11.3. The number of nitro groups is 1. The van der Waals surface area contributed by atoms with Gasteiger partial charge >= 0.3 is 0 Å². The van der Waals surface area contributed by atoms with E-state index in [0.717, 1.165) is 0 Å². The highest BCUT2D eigenvalue weighted by Crippen LogP contribution is 2.55. The second-order valence-corrected chi connectivity index (χ2v) is 9.30. The Morgan fingerprint density at radius 2 is 1.82 bits per heavy atom. The number of nitrogens with zero attached hydrogens (tertiary/aromatic N) is 1. The number of aromatic hydroxyl groups is 1. The van der Waals surface area contributed by atoms with Crippen molar-refractivity contribution < 1.29 is 44.8 Å². The Bertz CT molecular complexity index is 1570. The van der Waals surface area contributed by atoms with Crippen molar-refractivity contribution in [2.24, 2.45) is 17.6 Å². The first-order chi connectivity index (χ1) is 17.9. The molecule has 0 fully saturated rings. The molecule has 4 atom stereocenters. The summed E-state index contributed by atoms with van der Waals surface area (Å²) in [5, 5.41) is 66.3. The van der Waals surface area contributed by atoms with Crippen LogP contribution in [0.2, 0.25) is 0 Å². The minimum absolute atomic E-state index is 0.142. The number of ketones is 2. The van der Waals surface area contributed by atoms with Crippen molar-refractivity contribution in [3.63, 3.8) is 0 Å². The third-order valence-corrected chi connectivity index (χ3v) is 7.30. The standard InChI is InChI=1S/C26H20N2O10/c27-25(35)19-16(30)9-14-21(31)18-13(8-10-3-1-4-11(7-10)28(37)38)12-5-2-6-15(29)17(12)22(32)20(18)24(34)26(14,36)23(19)33/h1-8,14,18,21,29-31,34,36H,9H2,(H2,27,35)/b13-8+. The van der Waals surface area contributed by atoms with Gasteiger partial charge in [0, 0.05) is 30.4 Å². The number of rotatable bonds is 3. The Labute approximate surface area is 213 Å². The van der Waals surface area contributed by atoms with Gasteiger partial charge in [0.2, 0.25) is 5.78 Å². The molecule has 12 nitrogen and oxygen atoms in total. The van der Waals surface area contributed by atoms with E-state index in [1.54, 1.807) is 0 Å². The van der Waals surface area contributed by atoms with Crippen LogP contribution in [-0.4, -0.2) is 59.6 Å². The number of hydrogen-bond donors (Lipinski definition) is 6. The number of allylic oxidation sites excluding steroid dienone is 1. The SMILES string of the molecule is NC(=O)C1=C(O)CC2C(O)C3C(=C(O)C2(O)C1=O)C(=O)c1c(O)cccc1/C3=C\c1cccc([N+](=O)[O-])c1. The van der Waals surface area contributed by atoms with Crippen molar-refractivity contribution >= 4 is 34.8 Å². The number of aliphatic hydroxyl groups is 4. The van der Waals surface area contributed by atoms with Crippen LogP contribution in [0.15, 0.2) is 65.1 Å². The summed E-state index contributed by atoms with van der Waals surface area (Å²) in [6.07, 6.45) is -1.00. The molecule has 0 saturated carbocycles. The summed E-state index contributed by atoms with van der Waals surface area (Å²) in [6.45, 7) is 0. The number of phenolic OH excluding ortho intramolecular Hbond substituents is 1. The molecule has 0 spiro atoms. The molecule has 2 aromatic rings. The van der Waals surface area contributed by atoms with Crippen molar-refractivity contribution in [1.82, 2.24) is 0 Å². The van der Waals surface area contributed by atoms with Gasteiger partial charge in [-0.1, -0.05) is 30.3 Å². The molecule has 7 N–H and O–H groups in total. The van der Waals surface area contributed by atoms with E-state index in [9.17, 15) is 50.0 Å². The molecule has 3 aliphatic carbocycles. The number of aliphatic hydroxyl groups excluding tert-OH is 3. The summed E-state index contributed by atoms with van der Waals surface area (Å²) in [4.78, 5) is 49.2. The Kier molecular flexibility index (Phi) is 5.47. The van der Waals surface area contributed by atoms with Gasteiger partial charge < -0.3 is 31.3 Å². The monoisotopic (exact) mass is 520 g/mol. The number of Topliss-reactive ketones (excluding diaryl/α,β-unsaturated/α-hetero) is 2. The zero-order valence-electron chi connectivity index (χ0n) is 19.4. The predicted octanol–water partition coefficient (Wildman–Crippen LogP) is 1.46. The Hall–Kier alpha value is -4.81. The van der Waals surface area contributed by atoms with Crippen LogP contribution in [0, 0.1) is 22.0 Å². The van der Waals surface area contributed by atoms with E-state index in [1.165, 1.54) is 48.5 Å². The normalized spacial score (nSPS) is 27.6. The summed E-state index contributed by atoms with van der Waals surface area (Å²) < 4.78 is 0. The molecule has 0 aliphatic heterocycles. The Balaban J connectivity index is 1.81. The first-order valence-electron chi connectivity index (χ1n) is 11.3. The summed E-state index contributed by atoms with van der Waals surface area (Å²) in [7, 11) is 0. The number of non-ortho nitro benzene ring substituents is 1. The van der Waals surface area contributed by atoms with Gasteiger partial charge in [-0.25, -0.2) is 0 Å². The smallest absolute Gasteiger partial charge is 0.270 e. The maximum atomic E-state index is 13.6. The second-order valence-electron chi connectivity index (χ2n) is 9.30. The van der Waals surface area contributed by atoms with Crippen LogP contribution in [0.4, 0.5) is 5.69 Å². The number of nitro benzene ring substituents is 1. The zero-order valence-corrected chi connectivity index (χ0v) is 19.4. The third kappa shape index (κ3) is 3.27. The molecule has 0 saturated heterocycles. The van der Waals surface area contributed by atoms with Crippen LogP contribution in [-0.2, 0) is 9.59 Å². The largest absolute Gasteiger partial charge is 0.511 e. The van der Waals surface area contributed by atoms with E-state index in [1.807, 2.05) is 0 Å². The van der Waals surface area contributed by atoms with E-state index in [4.69, 9.17) is 5.73 Å². The number of carbonyl (C=O) groups excluding carboxylic acids is 3. The Morgan fingerprint density at radius 1 is 1.13 bits per heavy atom. The maximum absolute atomic E-state index is 13.6. The van der Waals surface area contributed by atoms with Crippen LogP contribution in [0.25, 0.3) is 11.6 Å². The molecule has 2 aromatic carbocycles. The lowest BCUT2D eigenvalue weighted by Gasteiger charge is -2.49. The average molecular weight is 520 g/mol. The number of hydrogen-bond acceptors (Lipinski definition) is 10.